The van der Waals surface area contributed by atoms with Crippen LogP contribution in [-0.2, 0) is 0 Å². The fraction of sp³-hybridized carbons (Fsp3) is 0.800. The maximum atomic E-state index is 7.01. The van der Waals surface area contributed by atoms with Gasteiger partial charge in [0.15, 0.2) is 46.1 Å². The van der Waals surface area contributed by atoms with E-state index in [1.165, 1.54) is 462 Å². The Labute approximate surface area is 811 Å². The number of aromatic amines is 2. The number of benzene rings is 3. The number of hydrogen-bond donors (Lipinski definition) is 2. The summed E-state index contributed by atoms with van der Waals surface area (Å²) in [7, 11) is 0. The molecule has 3 aromatic carbocycles. The lowest BCUT2D eigenvalue weighted by Crippen LogP contribution is -2.03. The summed E-state index contributed by atoms with van der Waals surface area (Å²) in [5, 5.41) is 3.61. The molecule has 0 radical (unpaired) electrons. The molecular formula is C120H206N6O6. The summed E-state index contributed by atoms with van der Waals surface area (Å²) < 4.78 is 42.0. The van der Waals surface area contributed by atoms with Crippen molar-refractivity contribution in [3.05, 3.63) is 36.4 Å². The largest absolute Gasteiger partial charge is 0.490 e. The van der Waals surface area contributed by atoms with Gasteiger partial charge < -0.3 is 38.4 Å². The molecule has 12 heteroatoms. The van der Waals surface area contributed by atoms with Crippen LogP contribution in [0.2, 0.25) is 0 Å². The van der Waals surface area contributed by atoms with Gasteiger partial charge in [-0.05, 0) is 74.9 Å². The van der Waals surface area contributed by atoms with Crippen molar-refractivity contribution in [1.82, 2.24) is 29.9 Å². The predicted molar refractivity (Wildman–Crippen MR) is 573 cm³/mol. The zero-order chi connectivity index (χ0) is 92.8. The molecule has 0 fully saturated rings. The molecule has 1 aliphatic heterocycles. The SMILES string of the molecule is CCCCCCCCCCCCCCCCOc1cc2c(cc1OCCCCCCCCCCCCCCCC)-c1nc-2nc2[nH]c(nc3[nH]c(n1)c1cc(OCCCCCCCCCCCCCCCC)c(OCCCCCCCCCCCCCCCC)cc31)c1cc(OCCCCCCCCCCCCCCCC)c(OCCCCCCCCCCCCCCCC)cc21. The molecule has 4 heterocycles. The monoisotopic (exact) mass is 1830 g/mol. The summed E-state index contributed by atoms with van der Waals surface area (Å²) in [6, 6.07) is 13.1. The zero-order valence-electron chi connectivity index (χ0n) is 87.3. The van der Waals surface area contributed by atoms with Crippen LogP contribution in [0.1, 0.15) is 581 Å². The number of unbranched alkanes of at least 4 members (excludes halogenated alkanes) is 78. The third-order valence-electron chi connectivity index (χ3n) is 28.6. The van der Waals surface area contributed by atoms with Crippen LogP contribution in [-0.4, -0.2) is 69.5 Å². The molecule has 0 spiro atoms. The second-order valence-electron chi connectivity index (χ2n) is 40.9. The number of hydrogen-bond acceptors (Lipinski definition) is 10. The molecule has 0 atom stereocenters. The first kappa shape index (κ1) is 113. The van der Waals surface area contributed by atoms with Crippen LogP contribution in [0.4, 0.5) is 0 Å². The topological polar surface area (TPSA) is 139 Å². The highest BCUT2D eigenvalue weighted by Gasteiger charge is 2.27. The Balaban J connectivity index is 1.22. The van der Waals surface area contributed by atoms with Gasteiger partial charge in [0.25, 0.3) is 0 Å². The first-order valence-electron chi connectivity index (χ1n) is 58.5. The quantitative estimate of drug-likeness (QED) is 0.0354. The highest BCUT2D eigenvalue weighted by molar-refractivity contribution is 6.09. The highest BCUT2D eigenvalue weighted by Crippen LogP contribution is 2.45. The number of nitrogens with zero attached hydrogens (tertiary/aromatic N) is 4. The lowest BCUT2D eigenvalue weighted by molar-refractivity contribution is 0.258. The summed E-state index contributed by atoms with van der Waals surface area (Å²) in [6.07, 6.45) is 110. The predicted octanol–water partition coefficient (Wildman–Crippen LogP) is 40.5. The number of nitrogens with one attached hydrogen (secondary N) is 2. The molecule has 12 nitrogen and oxygen atoms in total. The van der Waals surface area contributed by atoms with Gasteiger partial charge in [-0.3, -0.25) is 0 Å². The number of ether oxygens (including phenoxy) is 6. The Morgan fingerprint density at radius 2 is 0.280 bits per heavy atom. The summed E-state index contributed by atoms with van der Waals surface area (Å²) >= 11 is 0. The second kappa shape index (κ2) is 79.4. The molecule has 1 aliphatic rings. The summed E-state index contributed by atoms with van der Waals surface area (Å²) in [5.74, 6) is 5.61. The Bertz CT molecular complexity index is 3550. The molecule has 0 amide bonds. The highest BCUT2D eigenvalue weighted by atomic mass is 16.5. The minimum absolute atomic E-state index is 0.564. The lowest BCUT2D eigenvalue weighted by atomic mass is 10.0. The molecule has 3 aromatic heterocycles. The number of fused-ring (bicyclic) bond motifs is 15. The number of H-pyrrole nitrogens is 2. The molecule has 752 valence electrons. The molecule has 6 aromatic rings. The molecule has 132 heavy (non-hydrogen) atoms. The van der Waals surface area contributed by atoms with Crippen molar-refractivity contribution in [3.63, 3.8) is 0 Å². The van der Waals surface area contributed by atoms with Gasteiger partial charge >= 0.3 is 0 Å². The summed E-state index contributed by atoms with van der Waals surface area (Å²) in [6.45, 7) is 17.6. The third-order valence-corrected chi connectivity index (χ3v) is 28.6. The van der Waals surface area contributed by atoms with Crippen molar-refractivity contribution >= 4 is 44.1 Å². The number of rotatable bonds is 96. The van der Waals surface area contributed by atoms with E-state index in [9.17, 15) is 0 Å². The zero-order valence-corrected chi connectivity index (χ0v) is 87.3. The van der Waals surface area contributed by atoms with Crippen LogP contribution in [0.15, 0.2) is 36.4 Å². The molecule has 0 unspecified atom stereocenters. The van der Waals surface area contributed by atoms with Crippen LogP contribution < -0.4 is 28.4 Å². The van der Waals surface area contributed by atoms with E-state index in [2.05, 4.69) is 87.9 Å². The van der Waals surface area contributed by atoms with Gasteiger partial charge in [-0.25, -0.2) is 19.9 Å². The fourth-order valence-electron chi connectivity index (χ4n) is 19.9. The van der Waals surface area contributed by atoms with Crippen molar-refractivity contribution < 1.29 is 28.4 Å². The van der Waals surface area contributed by atoms with Crippen molar-refractivity contribution in [2.75, 3.05) is 39.6 Å². The smallest absolute Gasteiger partial charge is 0.164 e. The fourth-order valence-corrected chi connectivity index (χ4v) is 19.9. The van der Waals surface area contributed by atoms with Crippen LogP contribution in [0, 0.1) is 0 Å². The minimum Gasteiger partial charge on any atom is -0.490 e. The van der Waals surface area contributed by atoms with E-state index in [1.807, 2.05) is 0 Å². The van der Waals surface area contributed by atoms with Gasteiger partial charge in [0.1, 0.15) is 22.6 Å². The summed E-state index contributed by atoms with van der Waals surface area (Å²) in [4.78, 5) is 30.2. The van der Waals surface area contributed by atoms with Gasteiger partial charge in [0, 0.05) is 32.7 Å². The van der Waals surface area contributed by atoms with Crippen molar-refractivity contribution in [3.8, 4) is 57.3 Å². The van der Waals surface area contributed by atoms with Gasteiger partial charge in [0.05, 0.1) is 39.6 Å². The first-order chi connectivity index (χ1) is 65.5. The molecule has 2 N–H and O–H groups in total. The molecule has 0 aliphatic carbocycles. The maximum Gasteiger partial charge on any atom is 0.164 e. The van der Waals surface area contributed by atoms with E-state index in [-0.39, 0.29) is 0 Å². The molecule has 0 saturated heterocycles. The van der Waals surface area contributed by atoms with E-state index in [4.69, 9.17) is 48.4 Å². The standard InChI is InChI=1S/C120H206N6O6/c1-7-13-19-25-31-37-43-49-55-61-67-73-79-85-91-127-109-97-103-104(98-110(109)128-92-86-80-74-68-62-56-50-44-38-32-26-20-14-8-2)116-121-115(103)124-117-105-99-111(129-93-87-81-75-69-63-57-51-45-39-33-27-21-15-9-3)112(130-94-88-82-76-70-64-58-52-46-40-34-28-22-16-10-4)100-106(105)119(122-117)126-120-108-102-114(132-96-90-84-78-72-66-60-54-48-42-36-30-24-18-12-6)113(101-107(108)118(123-120)125-116)131-95-89-83-77-71-65-59-53-47-41-35-29-23-17-11-5/h97-102H,7-96H2,1-6H3,(H2,121,122,123,124,125,126). The third kappa shape index (κ3) is 51.2. The van der Waals surface area contributed by atoms with Crippen molar-refractivity contribution in [2.45, 2.75) is 581 Å². The normalized spacial score (nSPS) is 11.9. The van der Waals surface area contributed by atoms with E-state index < -0.39 is 0 Å². The number of aromatic nitrogens is 6. The Morgan fingerprint density at radius 3 is 0.432 bits per heavy atom. The van der Waals surface area contributed by atoms with E-state index in [0.717, 1.165) is 144 Å². The minimum atomic E-state index is 0.564. The van der Waals surface area contributed by atoms with E-state index in [1.54, 1.807) is 0 Å². The van der Waals surface area contributed by atoms with E-state index >= 15 is 0 Å². The van der Waals surface area contributed by atoms with Crippen LogP contribution in [0.5, 0.6) is 34.5 Å². The second-order valence-corrected chi connectivity index (χ2v) is 40.9. The van der Waals surface area contributed by atoms with Gasteiger partial charge in [0.2, 0.25) is 0 Å². The Kier molecular flexibility index (Phi) is 68.3. The maximum absolute atomic E-state index is 7.01. The van der Waals surface area contributed by atoms with Crippen molar-refractivity contribution in [1.29, 1.82) is 0 Å². The van der Waals surface area contributed by atoms with Crippen molar-refractivity contribution in [2.24, 2.45) is 0 Å². The van der Waals surface area contributed by atoms with Crippen LogP contribution in [0.25, 0.3) is 66.9 Å². The van der Waals surface area contributed by atoms with Crippen LogP contribution in [0.3, 0.4) is 0 Å². The molecular weight excluding hydrogens is 1620 g/mol. The first-order valence-corrected chi connectivity index (χ1v) is 58.5. The van der Waals surface area contributed by atoms with E-state index in [0.29, 0.717) is 73.9 Å². The van der Waals surface area contributed by atoms with Crippen LogP contribution >= 0.6 is 0 Å². The molecule has 7 rings (SSSR count). The van der Waals surface area contributed by atoms with Gasteiger partial charge in [-0.15, -0.1) is 0 Å². The average molecular weight is 1830 g/mol. The van der Waals surface area contributed by atoms with Gasteiger partial charge in [-0.1, -0.05) is 542 Å². The average Bonchev–Trinajstić information content (AvgIpc) is 1.59. The molecule has 6 bridgehead atoms. The van der Waals surface area contributed by atoms with Gasteiger partial charge in [-0.2, -0.15) is 0 Å². The Hall–Kier alpha value is -5.52. The molecule has 0 saturated carbocycles. The summed E-state index contributed by atoms with van der Waals surface area (Å²) in [5.41, 5.74) is 4.40. The Morgan fingerprint density at radius 1 is 0.152 bits per heavy atom. The lowest BCUT2D eigenvalue weighted by Gasteiger charge is -2.15.